The van der Waals surface area contributed by atoms with E-state index in [1.54, 1.807) is 0 Å². The van der Waals surface area contributed by atoms with Gasteiger partial charge in [-0.05, 0) is 18.8 Å². The van der Waals surface area contributed by atoms with Crippen LogP contribution in [0, 0.1) is 11.8 Å². The van der Waals surface area contributed by atoms with Crippen LogP contribution in [0.15, 0.2) is 0 Å². The van der Waals surface area contributed by atoms with Crippen LogP contribution in [0.4, 0.5) is 0 Å². The van der Waals surface area contributed by atoms with Crippen LogP contribution in [-0.2, 0) is 4.79 Å². The number of rotatable bonds is 1. The molecule has 0 amide bonds. The second kappa shape index (κ2) is 2.58. The Morgan fingerprint density at radius 3 is 2.30 bits per heavy atom. The monoisotopic (exact) mass is 144 g/mol. The van der Waals surface area contributed by atoms with Gasteiger partial charge in [0.15, 0.2) is 0 Å². The van der Waals surface area contributed by atoms with Gasteiger partial charge in [-0.2, -0.15) is 0 Å². The predicted octanol–water partition coefficient (Wildman–Crippen LogP) is 0.478. The molecular formula is C7H12O3. The summed E-state index contributed by atoms with van der Waals surface area (Å²) in [5.41, 5.74) is 0. The third-order valence-corrected chi connectivity index (χ3v) is 2.19. The van der Waals surface area contributed by atoms with Crippen LogP contribution in [0.5, 0.6) is 0 Å². The number of carboxylic acid groups (broad SMARTS) is 1. The molecule has 1 aliphatic carbocycles. The molecule has 0 unspecified atom stereocenters. The Kier molecular flexibility index (Phi) is 1.94. The molecule has 1 saturated carbocycles. The molecule has 0 aromatic heterocycles. The topological polar surface area (TPSA) is 57.5 Å². The fraction of sp³-hybridized carbons (Fsp3) is 0.857. The van der Waals surface area contributed by atoms with Crippen molar-refractivity contribution in [3.63, 3.8) is 0 Å². The van der Waals surface area contributed by atoms with Crippen LogP contribution in [0.2, 0.25) is 0 Å². The van der Waals surface area contributed by atoms with Gasteiger partial charge < -0.3 is 10.2 Å². The van der Waals surface area contributed by atoms with E-state index in [1.807, 2.05) is 6.92 Å². The lowest BCUT2D eigenvalue weighted by Crippen LogP contribution is -2.10. The highest BCUT2D eigenvalue weighted by Crippen LogP contribution is 2.30. The molecule has 0 saturated heterocycles. The first kappa shape index (κ1) is 7.54. The molecule has 2 N–H and O–H groups in total. The SMILES string of the molecule is C[C@@H]1C[C@H](C(=O)O)C[C@@H]1O. The molecule has 0 aromatic carbocycles. The molecule has 0 spiro atoms. The zero-order chi connectivity index (χ0) is 7.72. The van der Waals surface area contributed by atoms with E-state index >= 15 is 0 Å². The van der Waals surface area contributed by atoms with Gasteiger partial charge in [0.2, 0.25) is 0 Å². The summed E-state index contributed by atoms with van der Waals surface area (Å²) in [4.78, 5) is 10.4. The molecule has 1 fully saturated rings. The van der Waals surface area contributed by atoms with Crippen LogP contribution in [0.1, 0.15) is 19.8 Å². The molecule has 58 valence electrons. The maximum atomic E-state index is 10.4. The first-order valence-corrected chi connectivity index (χ1v) is 3.52. The lowest BCUT2D eigenvalue weighted by atomic mass is 10.1. The first-order valence-electron chi connectivity index (χ1n) is 3.52. The number of carbonyl (C=O) groups is 1. The summed E-state index contributed by atoms with van der Waals surface area (Å²) < 4.78 is 0. The Balaban J connectivity index is 2.49. The second-order valence-electron chi connectivity index (χ2n) is 3.05. The van der Waals surface area contributed by atoms with Crippen molar-refractivity contribution in [2.24, 2.45) is 11.8 Å². The van der Waals surface area contributed by atoms with Crippen molar-refractivity contribution < 1.29 is 15.0 Å². The number of aliphatic carboxylic acids is 1. The van der Waals surface area contributed by atoms with Crippen LogP contribution >= 0.6 is 0 Å². The van der Waals surface area contributed by atoms with Gasteiger partial charge in [-0.1, -0.05) is 6.92 Å². The summed E-state index contributed by atoms with van der Waals surface area (Å²) in [6, 6.07) is 0. The fourth-order valence-corrected chi connectivity index (χ4v) is 1.43. The van der Waals surface area contributed by atoms with Crippen molar-refractivity contribution in [2.45, 2.75) is 25.9 Å². The van der Waals surface area contributed by atoms with Gasteiger partial charge in [0.25, 0.3) is 0 Å². The van der Waals surface area contributed by atoms with E-state index in [2.05, 4.69) is 0 Å². The fourth-order valence-electron chi connectivity index (χ4n) is 1.43. The van der Waals surface area contributed by atoms with Gasteiger partial charge in [-0.15, -0.1) is 0 Å². The first-order chi connectivity index (χ1) is 4.61. The summed E-state index contributed by atoms with van der Waals surface area (Å²) in [5.74, 6) is -0.936. The molecule has 3 atom stereocenters. The number of carboxylic acids is 1. The van der Waals surface area contributed by atoms with Gasteiger partial charge in [-0.3, -0.25) is 4.79 Å². The van der Waals surface area contributed by atoms with E-state index < -0.39 is 12.1 Å². The zero-order valence-electron chi connectivity index (χ0n) is 5.95. The van der Waals surface area contributed by atoms with Crippen molar-refractivity contribution >= 4 is 5.97 Å². The molecule has 0 aromatic rings. The van der Waals surface area contributed by atoms with Gasteiger partial charge in [0, 0.05) is 0 Å². The molecule has 0 heterocycles. The van der Waals surface area contributed by atoms with E-state index in [4.69, 9.17) is 10.2 Å². The summed E-state index contributed by atoms with van der Waals surface area (Å²) in [5, 5.41) is 17.7. The number of aliphatic hydroxyl groups excluding tert-OH is 1. The minimum atomic E-state index is -0.775. The lowest BCUT2D eigenvalue weighted by Gasteiger charge is -2.03. The molecular weight excluding hydrogens is 132 g/mol. The molecule has 1 aliphatic rings. The Morgan fingerprint density at radius 1 is 1.50 bits per heavy atom. The normalized spacial score (nSPS) is 40.0. The third kappa shape index (κ3) is 1.29. The van der Waals surface area contributed by atoms with Crippen molar-refractivity contribution in [2.75, 3.05) is 0 Å². The molecule has 0 bridgehead atoms. The standard InChI is InChI=1S/C7H12O3/c1-4-2-5(7(9)10)3-6(4)8/h4-6,8H,2-3H2,1H3,(H,9,10)/t4-,5+,6+/m1/s1. The third-order valence-electron chi connectivity index (χ3n) is 2.19. The molecule has 0 aliphatic heterocycles. The zero-order valence-corrected chi connectivity index (χ0v) is 5.95. The minimum absolute atomic E-state index is 0.154. The molecule has 3 heteroatoms. The highest BCUT2D eigenvalue weighted by atomic mass is 16.4. The summed E-state index contributed by atoms with van der Waals surface area (Å²) in [6.45, 7) is 1.88. The average Bonchev–Trinajstić information content (AvgIpc) is 2.13. The summed E-state index contributed by atoms with van der Waals surface area (Å²) in [6.07, 6.45) is 0.647. The van der Waals surface area contributed by atoms with Gasteiger partial charge in [0.05, 0.1) is 12.0 Å². The largest absolute Gasteiger partial charge is 0.481 e. The highest BCUT2D eigenvalue weighted by Gasteiger charge is 2.33. The Hall–Kier alpha value is -0.570. The minimum Gasteiger partial charge on any atom is -0.481 e. The van der Waals surface area contributed by atoms with Gasteiger partial charge in [-0.25, -0.2) is 0 Å². The number of aliphatic hydroxyl groups is 1. The maximum absolute atomic E-state index is 10.4. The smallest absolute Gasteiger partial charge is 0.306 e. The summed E-state index contributed by atoms with van der Waals surface area (Å²) >= 11 is 0. The number of hydrogen-bond acceptors (Lipinski definition) is 2. The van der Waals surface area contributed by atoms with E-state index in [0.717, 1.165) is 0 Å². The highest BCUT2D eigenvalue weighted by molar-refractivity contribution is 5.70. The van der Waals surface area contributed by atoms with Crippen molar-refractivity contribution in [1.29, 1.82) is 0 Å². The van der Waals surface area contributed by atoms with Crippen LogP contribution in [-0.4, -0.2) is 22.3 Å². The quantitative estimate of drug-likeness (QED) is 0.562. The number of hydrogen-bond donors (Lipinski definition) is 2. The maximum Gasteiger partial charge on any atom is 0.306 e. The van der Waals surface area contributed by atoms with Gasteiger partial charge >= 0.3 is 5.97 Å². The molecule has 1 rings (SSSR count). The Bertz CT molecular complexity index is 134. The molecule has 0 radical (unpaired) electrons. The predicted molar refractivity (Wildman–Crippen MR) is 35.5 cm³/mol. The second-order valence-corrected chi connectivity index (χ2v) is 3.05. The lowest BCUT2D eigenvalue weighted by molar-refractivity contribution is -0.141. The van der Waals surface area contributed by atoms with Crippen LogP contribution in [0.25, 0.3) is 0 Å². The van der Waals surface area contributed by atoms with E-state index in [1.165, 1.54) is 0 Å². The average molecular weight is 144 g/mol. The van der Waals surface area contributed by atoms with E-state index in [9.17, 15) is 4.79 Å². The summed E-state index contributed by atoms with van der Waals surface area (Å²) in [7, 11) is 0. The van der Waals surface area contributed by atoms with Crippen molar-refractivity contribution in [3.05, 3.63) is 0 Å². The van der Waals surface area contributed by atoms with Gasteiger partial charge in [0.1, 0.15) is 0 Å². The molecule has 3 nitrogen and oxygen atoms in total. The van der Waals surface area contributed by atoms with Crippen molar-refractivity contribution in [1.82, 2.24) is 0 Å². The van der Waals surface area contributed by atoms with Crippen molar-refractivity contribution in [3.8, 4) is 0 Å². The van der Waals surface area contributed by atoms with E-state index in [0.29, 0.717) is 12.8 Å². The van der Waals surface area contributed by atoms with Crippen LogP contribution < -0.4 is 0 Å². The van der Waals surface area contributed by atoms with E-state index in [-0.39, 0.29) is 11.8 Å². The molecule has 10 heavy (non-hydrogen) atoms. The Labute approximate surface area is 59.7 Å². The van der Waals surface area contributed by atoms with Crippen LogP contribution in [0.3, 0.4) is 0 Å². The Morgan fingerprint density at radius 2 is 2.10 bits per heavy atom.